The van der Waals surface area contributed by atoms with Crippen molar-refractivity contribution in [2.75, 3.05) is 16.8 Å². The number of nitrogen functional groups attached to an aromatic ring is 1. The van der Waals surface area contributed by atoms with Crippen molar-refractivity contribution in [2.45, 2.75) is 42.1 Å². The second kappa shape index (κ2) is 9.49. The summed E-state index contributed by atoms with van der Waals surface area (Å²) >= 11 is 1.09. The van der Waals surface area contributed by atoms with Crippen LogP contribution in [0.1, 0.15) is 23.6 Å². The molecule has 3 N–H and O–H groups in total. The molecule has 1 amide bonds. The molecule has 0 bridgehead atoms. The number of hydrogen-bond acceptors (Lipinski definition) is 7. The maximum Gasteiger partial charge on any atom is 0.234 e. The molecular weight excluding hydrogens is 432 g/mol. The van der Waals surface area contributed by atoms with Crippen molar-refractivity contribution in [3.05, 3.63) is 65.4 Å². The molecule has 2 aromatic carbocycles. The second-order valence-corrected chi connectivity index (χ2v) is 9.86. The molecule has 0 aliphatic carbocycles. The van der Waals surface area contributed by atoms with Gasteiger partial charge in [-0.3, -0.25) is 4.79 Å². The number of nitrogens with zero attached hydrogens (tertiary/aromatic N) is 2. The molecule has 1 aromatic heterocycles. The molecule has 31 heavy (non-hydrogen) atoms. The fraction of sp³-hybridized carbons (Fsp3) is 0.227. The Morgan fingerprint density at radius 2 is 1.87 bits per heavy atom. The number of carbonyl (C=O) groups excluding carboxylic acids is 1. The van der Waals surface area contributed by atoms with Crippen LogP contribution in [0.2, 0.25) is 0 Å². The first kappa shape index (κ1) is 22.8. The Hall–Kier alpha value is -2.91. The third-order valence-corrected chi connectivity index (χ3v) is 7.47. The molecule has 0 saturated heterocycles. The topological polar surface area (TPSA) is 115 Å². The number of hydrogen-bond donors (Lipinski definition) is 2. The van der Waals surface area contributed by atoms with Gasteiger partial charge in [0.2, 0.25) is 15.7 Å². The van der Waals surface area contributed by atoms with Crippen LogP contribution in [-0.2, 0) is 21.1 Å². The number of amides is 1. The van der Waals surface area contributed by atoms with Crippen LogP contribution in [0.3, 0.4) is 0 Å². The number of benzene rings is 2. The number of rotatable bonds is 7. The lowest BCUT2D eigenvalue weighted by Gasteiger charge is -2.10. The van der Waals surface area contributed by atoms with Crippen LogP contribution in [0.15, 0.2) is 63.6 Å². The Balaban J connectivity index is 1.72. The molecule has 0 atom stereocenters. The normalized spacial score (nSPS) is 11.3. The highest BCUT2D eigenvalue weighted by molar-refractivity contribution is 7.99. The van der Waals surface area contributed by atoms with Crippen LogP contribution in [0.5, 0.6) is 0 Å². The predicted molar refractivity (Wildman–Crippen MR) is 123 cm³/mol. The Kier molecular flexibility index (Phi) is 6.97. The summed E-state index contributed by atoms with van der Waals surface area (Å²) in [7, 11) is -3.84. The third-order valence-electron chi connectivity index (χ3n) is 4.84. The highest BCUT2D eigenvalue weighted by atomic mass is 32.2. The summed E-state index contributed by atoms with van der Waals surface area (Å²) in [5.41, 5.74) is 9.61. The van der Waals surface area contributed by atoms with Crippen LogP contribution < -0.4 is 11.1 Å². The van der Waals surface area contributed by atoms with Crippen LogP contribution in [-0.4, -0.2) is 30.0 Å². The van der Waals surface area contributed by atoms with E-state index in [-0.39, 0.29) is 32.4 Å². The van der Waals surface area contributed by atoms with Crippen LogP contribution in [0.25, 0.3) is 0 Å². The van der Waals surface area contributed by atoms with Gasteiger partial charge >= 0.3 is 0 Å². The smallest absolute Gasteiger partial charge is 0.234 e. The number of anilines is 2. The van der Waals surface area contributed by atoms with E-state index in [1.54, 1.807) is 12.1 Å². The van der Waals surface area contributed by atoms with Crippen molar-refractivity contribution in [1.29, 1.82) is 0 Å². The summed E-state index contributed by atoms with van der Waals surface area (Å²) in [4.78, 5) is 20.5. The van der Waals surface area contributed by atoms with E-state index in [9.17, 15) is 13.2 Å². The zero-order valence-corrected chi connectivity index (χ0v) is 19.2. The van der Waals surface area contributed by atoms with Gasteiger partial charge in [0, 0.05) is 5.69 Å². The van der Waals surface area contributed by atoms with E-state index in [4.69, 9.17) is 5.73 Å². The van der Waals surface area contributed by atoms with Gasteiger partial charge in [-0.05, 0) is 55.2 Å². The van der Waals surface area contributed by atoms with Crippen molar-refractivity contribution in [3.63, 3.8) is 0 Å². The van der Waals surface area contributed by atoms with Gasteiger partial charge in [-0.25, -0.2) is 18.4 Å². The van der Waals surface area contributed by atoms with Crippen molar-refractivity contribution in [1.82, 2.24) is 9.97 Å². The summed E-state index contributed by atoms with van der Waals surface area (Å²) in [6.07, 6.45) is 2.00. The van der Waals surface area contributed by atoms with E-state index in [0.29, 0.717) is 0 Å². The van der Waals surface area contributed by atoms with E-state index < -0.39 is 9.84 Å². The first-order valence-corrected chi connectivity index (χ1v) is 12.1. The van der Waals surface area contributed by atoms with E-state index in [2.05, 4.69) is 15.3 Å². The minimum atomic E-state index is -3.84. The minimum Gasteiger partial charge on any atom is -0.382 e. The Morgan fingerprint density at radius 1 is 1.13 bits per heavy atom. The summed E-state index contributed by atoms with van der Waals surface area (Å²) in [6, 6.07) is 12.5. The lowest BCUT2D eigenvalue weighted by molar-refractivity contribution is -0.113. The van der Waals surface area contributed by atoms with Gasteiger partial charge in [0.15, 0.2) is 5.16 Å². The van der Waals surface area contributed by atoms with Crippen molar-refractivity contribution in [3.8, 4) is 0 Å². The monoisotopic (exact) mass is 456 g/mol. The first-order chi connectivity index (χ1) is 14.7. The largest absolute Gasteiger partial charge is 0.382 e. The predicted octanol–water partition coefficient (Wildman–Crippen LogP) is 3.80. The standard InChI is InChI=1S/C22H24N4O3S2/c1-4-16-7-5-6-8-18(16)25-20(27)13-30-22-24-12-19(21(23)26-22)31(28,29)17-10-9-14(2)15(3)11-17/h5-12H,4,13H2,1-3H3,(H,25,27)(H2,23,24,26). The van der Waals surface area contributed by atoms with Gasteiger partial charge in [0.25, 0.3) is 0 Å². The molecule has 0 aliphatic rings. The van der Waals surface area contributed by atoms with Gasteiger partial charge in [0.1, 0.15) is 10.7 Å². The quantitative estimate of drug-likeness (QED) is 0.410. The van der Waals surface area contributed by atoms with Gasteiger partial charge in [-0.15, -0.1) is 0 Å². The number of nitrogens with one attached hydrogen (secondary N) is 1. The van der Waals surface area contributed by atoms with Gasteiger partial charge in [-0.2, -0.15) is 0 Å². The fourth-order valence-corrected chi connectivity index (χ4v) is 4.89. The third kappa shape index (κ3) is 5.23. The number of aryl methyl sites for hydroxylation is 3. The molecule has 0 spiro atoms. The zero-order chi connectivity index (χ0) is 22.6. The summed E-state index contributed by atoms with van der Waals surface area (Å²) in [5, 5.41) is 3.10. The van der Waals surface area contributed by atoms with E-state index >= 15 is 0 Å². The summed E-state index contributed by atoms with van der Waals surface area (Å²) < 4.78 is 25.9. The van der Waals surface area contributed by atoms with Crippen LogP contribution in [0, 0.1) is 13.8 Å². The molecule has 7 nitrogen and oxygen atoms in total. The number of sulfone groups is 1. The number of aromatic nitrogens is 2. The molecule has 9 heteroatoms. The molecule has 1 heterocycles. The van der Waals surface area contributed by atoms with Crippen LogP contribution >= 0.6 is 11.8 Å². The average molecular weight is 457 g/mol. The Morgan fingerprint density at radius 3 is 2.55 bits per heavy atom. The average Bonchev–Trinajstić information content (AvgIpc) is 2.74. The summed E-state index contributed by atoms with van der Waals surface area (Å²) in [5.74, 6) is -0.284. The molecule has 0 unspecified atom stereocenters. The zero-order valence-electron chi connectivity index (χ0n) is 17.5. The molecule has 3 rings (SSSR count). The van der Waals surface area contributed by atoms with E-state index in [0.717, 1.165) is 40.6 Å². The van der Waals surface area contributed by atoms with Crippen molar-refractivity contribution in [2.24, 2.45) is 0 Å². The summed E-state index contributed by atoms with van der Waals surface area (Å²) in [6.45, 7) is 5.77. The first-order valence-electron chi connectivity index (χ1n) is 9.67. The lowest BCUT2D eigenvalue weighted by atomic mass is 10.1. The fourth-order valence-electron chi connectivity index (χ4n) is 2.92. The van der Waals surface area contributed by atoms with Gasteiger partial charge in [-0.1, -0.05) is 43.0 Å². The highest BCUT2D eigenvalue weighted by Crippen LogP contribution is 2.27. The highest BCUT2D eigenvalue weighted by Gasteiger charge is 2.23. The molecule has 162 valence electrons. The Bertz CT molecular complexity index is 1230. The number of nitrogens with two attached hydrogens (primary N) is 1. The lowest BCUT2D eigenvalue weighted by Crippen LogP contribution is -2.15. The van der Waals surface area contributed by atoms with Crippen LogP contribution in [0.4, 0.5) is 11.5 Å². The number of carbonyl (C=O) groups is 1. The SMILES string of the molecule is CCc1ccccc1NC(=O)CSc1ncc(S(=O)(=O)c2ccc(C)c(C)c2)c(N)n1. The van der Waals surface area contributed by atoms with Crippen molar-refractivity contribution >= 4 is 39.0 Å². The van der Waals surface area contributed by atoms with E-state index in [1.807, 2.05) is 45.0 Å². The van der Waals surface area contributed by atoms with Gasteiger partial charge < -0.3 is 11.1 Å². The number of thioether (sulfide) groups is 1. The molecule has 0 fully saturated rings. The molecular formula is C22H24N4O3S2. The molecule has 0 radical (unpaired) electrons. The molecule has 0 aliphatic heterocycles. The molecule has 3 aromatic rings. The van der Waals surface area contributed by atoms with Gasteiger partial charge in [0.05, 0.1) is 16.8 Å². The molecule has 0 saturated carbocycles. The maximum absolute atomic E-state index is 12.9. The minimum absolute atomic E-state index is 0.0702. The number of para-hydroxylation sites is 1. The second-order valence-electron chi connectivity index (χ2n) is 7.00. The van der Waals surface area contributed by atoms with E-state index in [1.165, 1.54) is 12.3 Å². The maximum atomic E-state index is 12.9. The van der Waals surface area contributed by atoms with Crippen molar-refractivity contribution < 1.29 is 13.2 Å². The Labute approximate surface area is 186 Å².